The third kappa shape index (κ3) is 3.76. The summed E-state index contributed by atoms with van der Waals surface area (Å²) in [6.07, 6.45) is -1.03. The molecule has 3 aromatic rings. The van der Waals surface area contributed by atoms with Gasteiger partial charge in [-0.1, -0.05) is 36.4 Å². The van der Waals surface area contributed by atoms with E-state index in [2.05, 4.69) is 0 Å². The van der Waals surface area contributed by atoms with Crippen LogP contribution in [0.5, 0.6) is 0 Å². The van der Waals surface area contributed by atoms with E-state index in [0.29, 0.717) is 16.8 Å². The van der Waals surface area contributed by atoms with Crippen LogP contribution in [-0.2, 0) is 9.53 Å². The van der Waals surface area contributed by atoms with Crippen molar-refractivity contribution in [2.45, 2.75) is 13.0 Å². The highest BCUT2D eigenvalue weighted by Gasteiger charge is 2.36. The Hall–Kier alpha value is -4.26. The van der Waals surface area contributed by atoms with Gasteiger partial charge in [-0.05, 0) is 49.4 Å². The first-order chi connectivity index (χ1) is 15.4. The lowest BCUT2D eigenvalue weighted by molar-refractivity contribution is -0.126. The molecule has 7 nitrogen and oxygen atoms in total. The number of fused-ring (bicyclic) bond motifs is 1. The fourth-order valence-electron chi connectivity index (χ4n) is 3.53. The fourth-order valence-corrected chi connectivity index (χ4v) is 3.53. The summed E-state index contributed by atoms with van der Waals surface area (Å²) in [5.41, 5.74) is 1.68. The Morgan fingerprint density at radius 3 is 2.06 bits per heavy atom. The summed E-state index contributed by atoms with van der Waals surface area (Å²) in [5.74, 6) is -2.03. The minimum atomic E-state index is -1.03. The molecule has 7 heteroatoms. The molecule has 1 heterocycles. The van der Waals surface area contributed by atoms with Gasteiger partial charge in [-0.25, -0.2) is 9.69 Å². The van der Waals surface area contributed by atoms with Crippen LogP contribution in [0.2, 0.25) is 0 Å². The highest BCUT2D eigenvalue weighted by molar-refractivity contribution is 6.34. The Morgan fingerprint density at radius 2 is 1.44 bits per heavy atom. The predicted octanol–water partition coefficient (Wildman–Crippen LogP) is 3.70. The number of amides is 3. The van der Waals surface area contributed by atoms with E-state index in [1.54, 1.807) is 67.7 Å². The van der Waals surface area contributed by atoms with Gasteiger partial charge in [0, 0.05) is 12.7 Å². The maximum absolute atomic E-state index is 12.7. The zero-order valence-electron chi connectivity index (χ0n) is 17.5. The molecule has 3 aromatic carbocycles. The molecule has 1 aliphatic heterocycles. The molecule has 0 saturated carbocycles. The number of hydrogen-bond donors (Lipinski definition) is 0. The van der Waals surface area contributed by atoms with E-state index < -0.39 is 23.9 Å². The third-order valence-corrected chi connectivity index (χ3v) is 5.24. The molecule has 0 aromatic heterocycles. The molecule has 0 unspecified atom stereocenters. The first-order valence-electron chi connectivity index (χ1n) is 10.00. The zero-order valence-corrected chi connectivity index (χ0v) is 17.5. The van der Waals surface area contributed by atoms with Crippen LogP contribution in [0.1, 0.15) is 38.0 Å². The molecule has 1 atom stereocenters. The molecule has 0 bridgehead atoms. The van der Waals surface area contributed by atoms with Crippen molar-refractivity contribution in [1.82, 2.24) is 0 Å². The van der Waals surface area contributed by atoms with Gasteiger partial charge in [-0.15, -0.1) is 0 Å². The summed E-state index contributed by atoms with van der Waals surface area (Å²) in [6, 6.07) is 21.6. The van der Waals surface area contributed by atoms with Crippen LogP contribution in [-0.4, -0.2) is 36.8 Å². The molecule has 160 valence electrons. The number of imide groups is 1. The number of anilines is 2. The second-order valence-electron chi connectivity index (χ2n) is 7.32. The first-order valence-corrected chi connectivity index (χ1v) is 10.00. The highest BCUT2D eigenvalue weighted by atomic mass is 16.5. The average Bonchev–Trinajstić information content (AvgIpc) is 3.08. The van der Waals surface area contributed by atoms with Gasteiger partial charge in [0.15, 0.2) is 6.10 Å². The summed E-state index contributed by atoms with van der Waals surface area (Å²) in [7, 11) is 1.60. The van der Waals surface area contributed by atoms with Gasteiger partial charge in [0.25, 0.3) is 17.7 Å². The van der Waals surface area contributed by atoms with E-state index in [9.17, 15) is 19.2 Å². The number of nitrogens with zero attached hydrogens (tertiary/aromatic N) is 2. The van der Waals surface area contributed by atoms with Crippen molar-refractivity contribution in [1.29, 1.82) is 0 Å². The molecule has 0 aliphatic carbocycles. The average molecular weight is 428 g/mol. The number of rotatable bonds is 5. The van der Waals surface area contributed by atoms with Crippen molar-refractivity contribution in [3.05, 3.63) is 95.6 Å². The summed E-state index contributed by atoms with van der Waals surface area (Å²) in [6.45, 7) is 1.49. The zero-order chi connectivity index (χ0) is 22.8. The van der Waals surface area contributed by atoms with Crippen LogP contribution in [0.3, 0.4) is 0 Å². The van der Waals surface area contributed by atoms with Crippen molar-refractivity contribution in [3.8, 4) is 0 Å². The van der Waals surface area contributed by atoms with Crippen molar-refractivity contribution >= 4 is 35.1 Å². The monoisotopic (exact) mass is 428 g/mol. The standard InChI is InChI=1S/C25H20N2O5/c1-16(22(28)26(2)18-10-4-3-5-11-18)32-25(31)17-9-8-12-19(15-17)27-23(29)20-13-6-7-14-21(20)24(27)30/h3-16H,1-2H3/t16-/m0/s1. The number of esters is 1. The lowest BCUT2D eigenvalue weighted by Crippen LogP contribution is -2.37. The lowest BCUT2D eigenvalue weighted by atomic mass is 10.1. The van der Waals surface area contributed by atoms with Gasteiger partial charge in [-0.3, -0.25) is 14.4 Å². The van der Waals surface area contributed by atoms with Crippen molar-refractivity contribution in [3.63, 3.8) is 0 Å². The molecule has 1 aliphatic rings. The topological polar surface area (TPSA) is 84.0 Å². The molecule has 0 fully saturated rings. The van der Waals surface area contributed by atoms with E-state index in [4.69, 9.17) is 4.74 Å². The van der Waals surface area contributed by atoms with Gasteiger partial charge in [0.2, 0.25) is 0 Å². The molecular formula is C25H20N2O5. The van der Waals surface area contributed by atoms with Crippen LogP contribution in [0, 0.1) is 0 Å². The number of para-hydroxylation sites is 1. The van der Waals surface area contributed by atoms with E-state index >= 15 is 0 Å². The van der Waals surface area contributed by atoms with E-state index in [-0.39, 0.29) is 17.2 Å². The molecule has 3 amide bonds. The fraction of sp³-hybridized carbons (Fsp3) is 0.120. The van der Waals surface area contributed by atoms with Crippen molar-refractivity contribution in [2.24, 2.45) is 0 Å². The Kier molecular flexibility index (Phi) is 5.55. The third-order valence-electron chi connectivity index (χ3n) is 5.24. The van der Waals surface area contributed by atoms with Crippen LogP contribution < -0.4 is 9.80 Å². The van der Waals surface area contributed by atoms with Gasteiger partial charge in [-0.2, -0.15) is 0 Å². The van der Waals surface area contributed by atoms with Crippen LogP contribution in [0.15, 0.2) is 78.9 Å². The maximum atomic E-state index is 12.7. The SMILES string of the molecule is C[C@H](OC(=O)c1cccc(N2C(=O)c3ccccc3C2=O)c1)C(=O)N(C)c1ccccc1. The number of benzene rings is 3. The van der Waals surface area contributed by atoms with E-state index in [0.717, 1.165) is 4.90 Å². The summed E-state index contributed by atoms with van der Waals surface area (Å²) < 4.78 is 5.36. The first kappa shape index (κ1) is 21.0. The van der Waals surface area contributed by atoms with E-state index in [1.165, 1.54) is 24.0 Å². The van der Waals surface area contributed by atoms with Crippen LogP contribution >= 0.6 is 0 Å². The van der Waals surface area contributed by atoms with Crippen molar-refractivity contribution in [2.75, 3.05) is 16.8 Å². The van der Waals surface area contributed by atoms with Crippen LogP contribution in [0.25, 0.3) is 0 Å². The quantitative estimate of drug-likeness (QED) is 0.457. The van der Waals surface area contributed by atoms with Gasteiger partial charge < -0.3 is 9.64 Å². The Balaban J connectivity index is 1.50. The van der Waals surface area contributed by atoms with Crippen LogP contribution in [0.4, 0.5) is 11.4 Å². The minimum absolute atomic E-state index is 0.126. The Morgan fingerprint density at radius 1 is 0.844 bits per heavy atom. The summed E-state index contributed by atoms with van der Waals surface area (Å²) in [4.78, 5) is 53.2. The van der Waals surface area contributed by atoms with Crippen molar-refractivity contribution < 1.29 is 23.9 Å². The number of hydrogen-bond acceptors (Lipinski definition) is 5. The molecule has 4 rings (SSSR count). The maximum Gasteiger partial charge on any atom is 0.338 e. The number of ether oxygens (including phenoxy) is 1. The lowest BCUT2D eigenvalue weighted by Gasteiger charge is -2.21. The van der Waals surface area contributed by atoms with Gasteiger partial charge >= 0.3 is 5.97 Å². The molecule has 0 spiro atoms. The Bertz CT molecular complexity index is 1190. The highest BCUT2D eigenvalue weighted by Crippen LogP contribution is 2.29. The second-order valence-corrected chi connectivity index (χ2v) is 7.32. The summed E-state index contributed by atoms with van der Waals surface area (Å²) in [5, 5.41) is 0. The number of carbonyl (C=O) groups excluding carboxylic acids is 4. The van der Waals surface area contributed by atoms with Gasteiger partial charge in [0.05, 0.1) is 22.4 Å². The molecule has 0 N–H and O–H groups in total. The molecule has 32 heavy (non-hydrogen) atoms. The minimum Gasteiger partial charge on any atom is -0.449 e. The molecule has 0 saturated heterocycles. The number of carbonyl (C=O) groups is 4. The molecular weight excluding hydrogens is 408 g/mol. The second kappa shape index (κ2) is 8.47. The van der Waals surface area contributed by atoms with E-state index in [1.807, 2.05) is 6.07 Å². The van der Waals surface area contributed by atoms with Gasteiger partial charge in [0.1, 0.15) is 0 Å². The smallest absolute Gasteiger partial charge is 0.338 e. The normalized spacial score (nSPS) is 13.5. The molecule has 0 radical (unpaired) electrons. The number of likely N-dealkylation sites (N-methyl/N-ethyl adjacent to an activating group) is 1. The largest absolute Gasteiger partial charge is 0.449 e. The predicted molar refractivity (Wildman–Crippen MR) is 119 cm³/mol. The summed E-state index contributed by atoms with van der Waals surface area (Å²) >= 11 is 0. The Labute approximate surface area is 184 Å².